The molecule has 3 rings (SSSR count). The summed E-state index contributed by atoms with van der Waals surface area (Å²) in [5.41, 5.74) is 2.17. The summed E-state index contributed by atoms with van der Waals surface area (Å²) in [7, 11) is 0. The van der Waals surface area contributed by atoms with Crippen molar-refractivity contribution in [2.24, 2.45) is 0 Å². The van der Waals surface area contributed by atoms with Gasteiger partial charge in [0.25, 0.3) is 0 Å². The molecule has 16 heavy (non-hydrogen) atoms. The smallest absolute Gasteiger partial charge is 0.139 e. The van der Waals surface area contributed by atoms with Crippen LogP contribution in [0.3, 0.4) is 0 Å². The van der Waals surface area contributed by atoms with Gasteiger partial charge < -0.3 is 5.32 Å². The molecule has 2 heterocycles. The first-order valence-electron chi connectivity index (χ1n) is 5.42. The van der Waals surface area contributed by atoms with E-state index in [2.05, 4.69) is 38.5 Å². The third-order valence-electron chi connectivity index (χ3n) is 2.78. The van der Waals surface area contributed by atoms with Gasteiger partial charge in [-0.05, 0) is 22.4 Å². The Bertz CT molecular complexity index is 504. The van der Waals surface area contributed by atoms with Crippen LogP contribution in [0.1, 0.15) is 6.42 Å². The molecule has 1 aromatic heterocycles. The van der Waals surface area contributed by atoms with Crippen molar-refractivity contribution in [2.45, 2.75) is 13.0 Å². The Balaban J connectivity index is 2.12. The lowest BCUT2D eigenvalue weighted by molar-refractivity contribution is 0.569. The van der Waals surface area contributed by atoms with Gasteiger partial charge in [0, 0.05) is 18.7 Å². The van der Waals surface area contributed by atoms with Gasteiger partial charge in [-0.25, -0.2) is 4.68 Å². The first kappa shape index (κ1) is 9.90. The average molecular weight is 278 g/mol. The molecule has 0 atom stereocenters. The summed E-state index contributed by atoms with van der Waals surface area (Å²) < 4.78 is 3.11. The Morgan fingerprint density at radius 3 is 2.81 bits per heavy atom. The molecule has 0 radical (unpaired) electrons. The van der Waals surface area contributed by atoms with Crippen LogP contribution in [0, 0.1) is 0 Å². The number of benzene rings is 1. The summed E-state index contributed by atoms with van der Waals surface area (Å²) in [5.74, 6) is 1.10. The maximum Gasteiger partial charge on any atom is 0.139 e. The van der Waals surface area contributed by atoms with Crippen molar-refractivity contribution in [1.82, 2.24) is 9.78 Å². The Hall–Kier alpha value is -1.29. The summed E-state index contributed by atoms with van der Waals surface area (Å²) in [6.45, 7) is 2.02. The van der Waals surface area contributed by atoms with E-state index < -0.39 is 0 Å². The Kier molecular flexibility index (Phi) is 2.44. The lowest BCUT2D eigenvalue weighted by Gasteiger charge is -2.15. The van der Waals surface area contributed by atoms with Crippen LogP contribution in [-0.2, 0) is 6.54 Å². The number of anilines is 1. The van der Waals surface area contributed by atoms with Gasteiger partial charge in [-0.15, -0.1) is 0 Å². The third-order valence-corrected chi connectivity index (χ3v) is 3.53. The van der Waals surface area contributed by atoms with E-state index in [-0.39, 0.29) is 0 Å². The van der Waals surface area contributed by atoms with Gasteiger partial charge in [-0.3, -0.25) is 0 Å². The molecule has 1 N–H and O–H groups in total. The number of fused-ring (bicyclic) bond motifs is 1. The maximum absolute atomic E-state index is 4.63. The fraction of sp³-hybridized carbons (Fsp3) is 0.250. The maximum atomic E-state index is 4.63. The van der Waals surface area contributed by atoms with E-state index in [0.29, 0.717) is 0 Å². The second-order valence-electron chi connectivity index (χ2n) is 3.88. The Labute approximate surface area is 103 Å². The minimum Gasteiger partial charge on any atom is -0.369 e. The summed E-state index contributed by atoms with van der Waals surface area (Å²) in [4.78, 5) is 0. The molecule has 1 aliphatic rings. The highest BCUT2D eigenvalue weighted by atomic mass is 79.9. The van der Waals surface area contributed by atoms with E-state index >= 15 is 0 Å². The predicted octanol–water partition coefficient (Wildman–Crippen LogP) is 3.13. The number of halogens is 1. The number of rotatable bonds is 1. The number of aryl methyl sites for hydroxylation is 1. The normalized spacial score (nSPS) is 14.3. The van der Waals surface area contributed by atoms with Gasteiger partial charge in [0.15, 0.2) is 0 Å². The van der Waals surface area contributed by atoms with Gasteiger partial charge in [-0.1, -0.05) is 30.3 Å². The van der Waals surface area contributed by atoms with Crippen molar-refractivity contribution in [3.05, 3.63) is 34.8 Å². The van der Waals surface area contributed by atoms with Crippen LogP contribution in [0.4, 0.5) is 5.82 Å². The van der Waals surface area contributed by atoms with Crippen molar-refractivity contribution in [2.75, 3.05) is 11.9 Å². The molecule has 82 valence electrons. The molecule has 0 amide bonds. The van der Waals surface area contributed by atoms with Gasteiger partial charge >= 0.3 is 0 Å². The molecular weight excluding hydrogens is 266 g/mol. The molecule has 0 spiro atoms. The number of aromatic nitrogens is 2. The third kappa shape index (κ3) is 1.53. The lowest BCUT2D eigenvalue weighted by Crippen LogP contribution is -2.17. The molecule has 2 aromatic rings. The minimum atomic E-state index is 0.994. The SMILES string of the molecule is Brc1c(-c2ccccc2)nn2c1NCCC2. The fourth-order valence-electron chi connectivity index (χ4n) is 1.99. The summed E-state index contributed by atoms with van der Waals surface area (Å²) in [6.07, 6.45) is 1.13. The highest BCUT2D eigenvalue weighted by Gasteiger charge is 2.18. The van der Waals surface area contributed by atoms with Crippen molar-refractivity contribution in [3.8, 4) is 11.3 Å². The Morgan fingerprint density at radius 2 is 2.06 bits per heavy atom. The molecule has 0 fully saturated rings. The zero-order chi connectivity index (χ0) is 11.0. The van der Waals surface area contributed by atoms with Crippen LogP contribution in [0.25, 0.3) is 11.3 Å². The second-order valence-corrected chi connectivity index (χ2v) is 4.67. The number of nitrogens with zero attached hydrogens (tertiary/aromatic N) is 2. The van der Waals surface area contributed by atoms with Gasteiger partial charge in [-0.2, -0.15) is 5.10 Å². The van der Waals surface area contributed by atoms with Crippen molar-refractivity contribution in [1.29, 1.82) is 0 Å². The second kappa shape index (κ2) is 3.94. The zero-order valence-corrected chi connectivity index (χ0v) is 10.4. The first-order valence-corrected chi connectivity index (χ1v) is 6.21. The molecule has 0 saturated carbocycles. The van der Waals surface area contributed by atoms with Crippen LogP contribution in [-0.4, -0.2) is 16.3 Å². The quantitative estimate of drug-likeness (QED) is 0.868. The van der Waals surface area contributed by atoms with Crippen molar-refractivity contribution >= 4 is 21.7 Å². The van der Waals surface area contributed by atoms with Crippen LogP contribution in [0.5, 0.6) is 0 Å². The zero-order valence-electron chi connectivity index (χ0n) is 8.78. The highest BCUT2D eigenvalue weighted by Crippen LogP contribution is 2.34. The summed E-state index contributed by atoms with van der Waals surface area (Å²) in [5, 5.41) is 8.00. The van der Waals surface area contributed by atoms with Crippen molar-refractivity contribution in [3.63, 3.8) is 0 Å². The van der Waals surface area contributed by atoms with E-state index in [1.165, 1.54) is 0 Å². The van der Waals surface area contributed by atoms with Crippen LogP contribution < -0.4 is 5.32 Å². The van der Waals surface area contributed by atoms with Gasteiger partial charge in [0.1, 0.15) is 11.5 Å². The molecule has 1 aliphatic heterocycles. The van der Waals surface area contributed by atoms with Crippen molar-refractivity contribution < 1.29 is 0 Å². The number of nitrogens with one attached hydrogen (secondary N) is 1. The first-order chi connectivity index (χ1) is 7.86. The topological polar surface area (TPSA) is 29.9 Å². The van der Waals surface area contributed by atoms with E-state index in [4.69, 9.17) is 0 Å². The highest BCUT2D eigenvalue weighted by molar-refractivity contribution is 9.10. The Morgan fingerprint density at radius 1 is 1.25 bits per heavy atom. The van der Waals surface area contributed by atoms with Crippen LogP contribution >= 0.6 is 15.9 Å². The van der Waals surface area contributed by atoms with Gasteiger partial charge in [0.05, 0.1) is 4.47 Å². The fourth-order valence-corrected chi connectivity index (χ4v) is 2.64. The average Bonchev–Trinajstić information content (AvgIpc) is 2.69. The van der Waals surface area contributed by atoms with E-state index in [1.807, 2.05) is 22.9 Å². The molecular formula is C12H12BrN3. The van der Waals surface area contributed by atoms with E-state index in [1.54, 1.807) is 0 Å². The van der Waals surface area contributed by atoms with Gasteiger partial charge in [0.2, 0.25) is 0 Å². The van der Waals surface area contributed by atoms with E-state index in [9.17, 15) is 0 Å². The van der Waals surface area contributed by atoms with Crippen LogP contribution in [0.2, 0.25) is 0 Å². The molecule has 0 saturated heterocycles. The molecule has 0 unspecified atom stereocenters. The molecule has 0 aliphatic carbocycles. The monoisotopic (exact) mass is 277 g/mol. The standard InChI is InChI=1S/C12H12BrN3/c13-10-11(9-5-2-1-3-6-9)15-16-8-4-7-14-12(10)16/h1-3,5-6,14H,4,7-8H2. The van der Waals surface area contributed by atoms with E-state index in [0.717, 1.165) is 41.1 Å². The largest absolute Gasteiger partial charge is 0.369 e. The molecule has 1 aromatic carbocycles. The summed E-state index contributed by atoms with van der Waals surface area (Å²) >= 11 is 3.63. The molecule has 0 bridgehead atoms. The lowest BCUT2D eigenvalue weighted by atomic mass is 10.1. The predicted molar refractivity (Wildman–Crippen MR) is 68.5 cm³/mol. The minimum absolute atomic E-state index is 0.994. The number of hydrogen-bond donors (Lipinski definition) is 1. The van der Waals surface area contributed by atoms with Crippen LogP contribution in [0.15, 0.2) is 34.8 Å². The summed E-state index contributed by atoms with van der Waals surface area (Å²) in [6, 6.07) is 10.3. The molecule has 3 nitrogen and oxygen atoms in total. The number of hydrogen-bond acceptors (Lipinski definition) is 2. The molecule has 4 heteroatoms.